The first kappa shape index (κ1) is 22.0. The molecule has 2 fully saturated rings. The van der Waals surface area contributed by atoms with Crippen molar-refractivity contribution in [3.63, 3.8) is 0 Å². The van der Waals surface area contributed by atoms with Crippen LogP contribution in [0.2, 0.25) is 0 Å². The topological polar surface area (TPSA) is 36.9 Å². The lowest BCUT2D eigenvalue weighted by molar-refractivity contribution is -0.551. The fraction of sp³-hybridized carbons (Fsp3) is 0.600. The molecule has 0 aromatic carbocycles. The Morgan fingerprint density at radius 2 is 0.607 bits per heavy atom. The Bertz CT molecular complexity index is 632. The van der Waals surface area contributed by atoms with Crippen molar-refractivity contribution in [2.75, 3.05) is 0 Å². The van der Waals surface area contributed by atoms with Gasteiger partial charge >= 0.3 is 59.8 Å². The molecule has 2 aliphatic rings. The average Bonchev–Trinajstić information content (AvgIpc) is 2.47. The minimum absolute atomic E-state index is 2.51. The highest BCUT2D eigenvalue weighted by Crippen LogP contribution is 2.67. The summed E-state index contributed by atoms with van der Waals surface area (Å²) in [5, 5.41) is 0. The van der Waals surface area contributed by atoms with Gasteiger partial charge in [-0.05, 0) is 0 Å². The minimum Gasteiger partial charge on any atom is -0.394 e. The van der Waals surface area contributed by atoms with Crippen LogP contribution in [0.1, 0.15) is 0 Å². The molecule has 0 aromatic heterocycles. The van der Waals surface area contributed by atoms with Gasteiger partial charge in [0.25, 0.3) is 0 Å². The van der Waals surface area contributed by atoms with Crippen LogP contribution in [0.5, 0.6) is 0 Å². The lowest BCUT2D eigenvalue weighted by atomic mass is 9.80. The van der Waals surface area contributed by atoms with Crippen molar-refractivity contribution in [1.82, 2.24) is 0 Å². The van der Waals surface area contributed by atoms with Gasteiger partial charge in [-0.3, -0.25) is 0 Å². The lowest BCUT2D eigenvalue weighted by Crippen LogP contribution is -2.83. The van der Waals surface area contributed by atoms with Crippen molar-refractivity contribution in [3.8, 4) is 0 Å². The summed E-state index contributed by atoms with van der Waals surface area (Å²) in [6.07, 6.45) is -35.2. The van der Waals surface area contributed by atoms with Gasteiger partial charge in [-0.2, -0.15) is 52.7 Å². The van der Waals surface area contributed by atoms with E-state index in [0.717, 1.165) is 0 Å². The molecule has 0 aromatic rings. The van der Waals surface area contributed by atoms with Crippen LogP contribution in [0.3, 0.4) is 0 Å². The molecule has 0 saturated carbocycles. The molecule has 162 valence electrons. The van der Waals surface area contributed by atoms with Gasteiger partial charge in [-0.15, -0.1) is 0 Å². The number of hydrogen-bond acceptors (Lipinski definition) is 4. The minimum atomic E-state index is -7.38. The third kappa shape index (κ3) is 2.44. The quantitative estimate of drug-likeness (QED) is 0.528. The van der Waals surface area contributed by atoms with E-state index in [1.54, 1.807) is 0 Å². The van der Waals surface area contributed by atoms with Crippen molar-refractivity contribution >= 4 is 0 Å². The zero-order valence-corrected chi connectivity index (χ0v) is 11.9. The predicted octanol–water partition coefficient (Wildman–Crippen LogP) is 5.00. The smallest absolute Gasteiger partial charge is 0.394 e. The maximum absolute atomic E-state index is 14.4. The first-order chi connectivity index (χ1) is 12.3. The van der Waals surface area contributed by atoms with E-state index < -0.39 is 59.8 Å². The molecule has 2 heterocycles. The SMILES string of the molecule is FC(F)=C1OC(F)(F)C(F)(C2(F)C(F)(F)OC(=C(F)F)OC2(F)F)C(F)(F)O1. The highest BCUT2D eigenvalue weighted by atomic mass is 19.3. The van der Waals surface area contributed by atoms with Crippen LogP contribution in [-0.4, -0.2) is 35.8 Å². The van der Waals surface area contributed by atoms with Crippen LogP contribution >= 0.6 is 0 Å². The number of halogens is 14. The van der Waals surface area contributed by atoms with E-state index in [4.69, 9.17) is 0 Å². The van der Waals surface area contributed by atoms with Gasteiger partial charge in [0.2, 0.25) is 0 Å². The van der Waals surface area contributed by atoms with E-state index in [0.29, 0.717) is 0 Å². The Kier molecular flexibility index (Phi) is 4.41. The summed E-state index contributed by atoms with van der Waals surface area (Å²) < 4.78 is 197. The molecular formula is C10F14O4. The van der Waals surface area contributed by atoms with Crippen LogP contribution in [0.25, 0.3) is 0 Å². The second-order valence-electron chi connectivity index (χ2n) is 4.89. The molecular weight excluding hydrogens is 450 g/mol. The Morgan fingerprint density at radius 3 is 0.750 bits per heavy atom. The van der Waals surface area contributed by atoms with Crippen molar-refractivity contribution in [2.24, 2.45) is 0 Å². The first-order valence-corrected chi connectivity index (χ1v) is 6.03. The zero-order chi connectivity index (χ0) is 22.1. The third-order valence-corrected chi connectivity index (χ3v) is 3.27. The lowest BCUT2D eigenvalue weighted by Gasteiger charge is -2.51. The Morgan fingerprint density at radius 1 is 0.429 bits per heavy atom. The second kappa shape index (κ2) is 5.62. The normalized spacial score (nSPS) is 35.1. The van der Waals surface area contributed by atoms with E-state index in [1.165, 1.54) is 0 Å². The molecule has 4 nitrogen and oxygen atoms in total. The molecule has 0 spiro atoms. The third-order valence-electron chi connectivity index (χ3n) is 3.27. The molecule has 0 atom stereocenters. The van der Waals surface area contributed by atoms with E-state index in [9.17, 15) is 61.5 Å². The van der Waals surface area contributed by atoms with E-state index >= 15 is 0 Å². The largest absolute Gasteiger partial charge is 0.449 e. The van der Waals surface area contributed by atoms with Crippen molar-refractivity contribution in [2.45, 2.75) is 35.8 Å². The van der Waals surface area contributed by atoms with Gasteiger partial charge < -0.3 is 18.9 Å². The molecule has 0 bridgehead atoms. The number of rotatable bonds is 1. The number of hydrogen-bond donors (Lipinski definition) is 0. The maximum Gasteiger partial charge on any atom is 0.449 e. The molecule has 0 radical (unpaired) electrons. The molecule has 0 aliphatic carbocycles. The van der Waals surface area contributed by atoms with Gasteiger partial charge in [0.05, 0.1) is 0 Å². The standard InChI is InChI=1S/C10F14O4/c11-1(12)3-25-7(17,18)5(15,8(19,20)26-3)6(16)9(21,22)27-4(2(13)14)28-10(6,23)24. The van der Waals surface area contributed by atoms with Crippen LogP contribution < -0.4 is 0 Å². The van der Waals surface area contributed by atoms with Gasteiger partial charge in [-0.25, -0.2) is 8.78 Å². The molecule has 2 rings (SSSR count). The highest BCUT2D eigenvalue weighted by Gasteiger charge is 3.01. The molecule has 18 heteroatoms. The highest BCUT2D eigenvalue weighted by molar-refractivity contribution is 5.23. The van der Waals surface area contributed by atoms with E-state index in [2.05, 4.69) is 18.9 Å². The summed E-state index contributed by atoms with van der Waals surface area (Å²) in [6, 6.07) is 0. The summed E-state index contributed by atoms with van der Waals surface area (Å²) in [5.41, 5.74) is -14.8. The summed E-state index contributed by atoms with van der Waals surface area (Å²) in [4.78, 5) is 0. The fourth-order valence-electron chi connectivity index (χ4n) is 2.08. The van der Waals surface area contributed by atoms with Crippen molar-refractivity contribution in [3.05, 3.63) is 24.1 Å². The fourth-order valence-corrected chi connectivity index (χ4v) is 2.08. The summed E-state index contributed by atoms with van der Waals surface area (Å²) in [6.45, 7) is 0. The van der Waals surface area contributed by atoms with Crippen LogP contribution in [0.15, 0.2) is 24.1 Å². The van der Waals surface area contributed by atoms with Crippen LogP contribution in [0, 0.1) is 0 Å². The molecule has 28 heavy (non-hydrogen) atoms. The van der Waals surface area contributed by atoms with Gasteiger partial charge in [0, 0.05) is 0 Å². The van der Waals surface area contributed by atoms with Crippen molar-refractivity contribution < 1.29 is 80.4 Å². The van der Waals surface area contributed by atoms with Gasteiger partial charge in [-0.1, -0.05) is 0 Å². The summed E-state index contributed by atoms with van der Waals surface area (Å²) in [5.74, 6) is -6.46. The molecule has 0 N–H and O–H groups in total. The Labute approximate surface area is 141 Å². The first-order valence-electron chi connectivity index (χ1n) is 6.03. The molecule has 2 aliphatic heterocycles. The van der Waals surface area contributed by atoms with Crippen molar-refractivity contribution in [1.29, 1.82) is 0 Å². The zero-order valence-electron chi connectivity index (χ0n) is 11.9. The molecule has 0 unspecified atom stereocenters. The summed E-state index contributed by atoms with van der Waals surface area (Å²) >= 11 is 0. The summed E-state index contributed by atoms with van der Waals surface area (Å²) in [7, 11) is 0. The van der Waals surface area contributed by atoms with Crippen LogP contribution in [-0.2, 0) is 18.9 Å². The second-order valence-corrected chi connectivity index (χ2v) is 4.89. The van der Waals surface area contributed by atoms with Gasteiger partial charge in [0.1, 0.15) is 0 Å². The number of ether oxygens (including phenoxy) is 4. The number of alkyl halides is 10. The average molecular weight is 450 g/mol. The van der Waals surface area contributed by atoms with E-state index in [1.807, 2.05) is 0 Å². The van der Waals surface area contributed by atoms with E-state index in [-0.39, 0.29) is 0 Å². The predicted molar refractivity (Wildman–Crippen MR) is 50.3 cm³/mol. The molecule has 2 saturated heterocycles. The maximum atomic E-state index is 14.4. The van der Waals surface area contributed by atoms with Gasteiger partial charge in [0.15, 0.2) is 0 Å². The Balaban J connectivity index is 2.81. The molecule has 0 amide bonds. The monoisotopic (exact) mass is 450 g/mol. The Hall–Kier alpha value is -2.30. The van der Waals surface area contributed by atoms with Crippen LogP contribution in [0.4, 0.5) is 61.5 Å².